The van der Waals surface area contributed by atoms with Gasteiger partial charge in [0.1, 0.15) is 5.75 Å². The average Bonchev–Trinajstić information content (AvgIpc) is 2.36. The number of benzene rings is 1. The van der Waals surface area contributed by atoms with E-state index in [4.69, 9.17) is 19.9 Å². The van der Waals surface area contributed by atoms with Crippen LogP contribution in [0.5, 0.6) is 5.75 Å². The van der Waals surface area contributed by atoms with Gasteiger partial charge in [-0.2, -0.15) is 0 Å². The molecule has 104 valence electrons. The van der Waals surface area contributed by atoms with Crippen LogP contribution in [0.4, 0.5) is 0 Å². The molecule has 0 spiro atoms. The number of nitrogens with two attached hydrogens (primary N) is 1. The van der Waals surface area contributed by atoms with Crippen molar-refractivity contribution in [3.05, 3.63) is 29.3 Å². The molecule has 0 aromatic heterocycles. The summed E-state index contributed by atoms with van der Waals surface area (Å²) in [6, 6.07) is 5.61. The van der Waals surface area contributed by atoms with Crippen LogP contribution < -0.4 is 10.5 Å². The molecule has 0 radical (unpaired) electrons. The van der Waals surface area contributed by atoms with Gasteiger partial charge in [0.05, 0.1) is 38.9 Å². The zero-order chi connectivity index (χ0) is 13.9. The molecule has 2 rings (SSSR count). The first-order chi connectivity index (χ1) is 9.09. The lowest BCUT2D eigenvalue weighted by molar-refractivity contribution is -0.142. The van der Waals surface area contributed by atoms with E-state index in [0.29, 0.717) is 25.6 Å². The summed E-state index contributed by atoms with van der Waals surface area (Å²) in [5.41, 5.74) is 7.49. The van der Waals surface area contributed by atoms with E-state index >= 15 is 0 Å². The Kier molecular flexibility index (Phi) is 4.07. The maximum atomic E-state index is 11.5. The molecule has 2 N–H and O–H groups in total. The number of esters is 1. The molecule has 1 saturated heterocycles. The summed E-state index contributed by atoms with van der Waals surface area (Å²) in [6.07, 6.45) is 0.235. The SMILES string of the molecule is CCOC(=O)Cc1ccc(C2(N)COC2)c(OC)c1. The standard InChI is InChI=1S/C14H19NO4/c1-3-19-13(16)7-10-4-5-11(12(6-10)17-2)14(15)8-18-9-14/h4-6H,3,7-9,15H2,1-2H3. The zero-order valence-electron chi connectivity index (χ0n) is 11.3. The van der Waals surface area contributed by atoms with Crippen LogP contribution in [0.3, 0.4) is 0 Å². The van der Waals surface area contributed by atoms with Crippen LogP contribution in [0.1, 0.15) is 18.1 Å². The third-order valence-corrected chi connectivity index (χ3v) is 3.18. The summed E-state index contributed by atoms with van der Waals surface area (Å²) in [7, 11) is 1.59. The van der Waals surface area contributed by atoms with Crippen molar-refractivity contribution in [1.82, 2.24) is 0 Å². The number of methoxy groups -OCH3 is 1. The van der Waals surface area contributed by atoms with Crippen molar-refractivity contribution in [2.45, 2.75) is 18.9 Å². The fourth-order valence-electron chi connectivity index (χ4n) is 2.11. The van der Waals surface area contributed by atoms with Crippen molar-refractivity contribution >= 4 is 5.97 Å². The Hall–Kier alpha value is -1.59. The molecule has 1 heterocycles. The highest BCUT2D eigenvalue weighted by Crippen LogP contribution is 2.34. The van der Waals surface area contributed by atoms with E-state index < -0.39 is 5.54 Å². The van der Waals surface area contributed by atoms with Crippen LogP contribution in [-0.4, -0.2) is 32.9 Å². The Balaban J connectivity index is 2.18. The second-order valence-corrected chi connectivity index (χ2v) is 4.67. The first kappa shape index (κ1) is 13.8. The number of rotatable bonds is 5. The lowest BCUT2D eigenvalue weighted by Crippen LogP contribution is -2.54. The van der Waals surface area contributed by atoms with E-state index in [-0.39, 0.29) is 12.4 Å². The topological polar surface area (TPSA) is 70.8 Å². The largest absolute Gasteiger partial charge is 0.496 e. The molecule has 5 nitrogen and oxygen atoms in total. The average molecular weight is 265 g/mol. The molecule has 0 saturated carbocycles. The highest BCUT2D eigenvalue weighted by molar-refractivity contribution is 5.72. The summed E-state index contributed by atoms with van der Waals surface area (Å²) in [5, 5.41) is 0. The van der Waals surface area contributed by atoms with Crippen LogP contribution in [0.2, 0.25) is 0 Å². The van der Waals surface area contributed by atoms with Crippen molar-refractivity contribution in [3.8, 4) is 5.75 Å². The van der Waals surface area contributed by atoms with E-state index in [1.807, 2.05) is 18.2 Å². The first-order valence-corrected chi connectivity index (χ1v) is 6.28. The van der Waals surface area contributed by atoms with Crippen LogP contribution >= 0.6 is 0 Å². The van der Waals surface area contributed by atoms with Crippen molar-refractivity contribution in [2.75, 3.05) is 26.9 Å². The van der Waals surface area contributed by atoms with E-state index in [1.165, 1.54) is 0 Å². The second-order valence-electron chi connectivity index (χ2n) is 4.67. The number of hydrogen-bond donors (Lipinski definition) is 1. The van der Waals surface area contributed by atoms with Gasteiger partial charge < -0.3 is 19.9 Å². The molecule has 1 aliphatic heterocycles. The molecule has 1 aromatic rings. The molecule has 0 unspecified atom stereocenters. The van der Waals surface area contributed by atoms with E-state index in [9.17, 15) is 4.79 Å². The van der Waals surface area contributed by atoms with E-state index in [0.717, 1.165) is 11.1 Å². The Bertz CT molecular complexity index is 469. The molecule has 0 bridgehead atoms. The predicted octanol–water partition coefficient (Wildman–Crippen LogP) is 0.985. The number of hydrogen-bond acceptors (Lipinski definition) is 5. The fraction of sp³-hybridized carbons (Fsp3) is 0.500. The minimum Gasteiger partial charge on any atom is -0.496 e. The Morgan fingerprint density at radius 3 is 2.74 bits per heavy atom. The maximum Gasteiger partial charge on any atom is 0.310 e. The van der Waals surface area contributed by atoms with E-state index in [2.05, 4.69) is 0 Å². The number of carbonyl (C=O) groups is 1. The van der Waals surface area contributed by atoms with Gasteiger partial charge in [0, 0.05) is 5.56 Å². The van der Waals surface area contributed by atoms with Crippen molar-refractivity contribution < 1.29 is 19.0 Å². The molecule has 0 atom stereocenters. The van der Waals surface area contributed by atoms with Gasteiger partial charge in [-0.3, -0.25) is 4.79 Å². The van der Waals surface area contributed by atoms with Crippen molar-refractivity contribution in [1.29, 1.82) is 0 Å². The summed E-state index contributed by atoms with van der Waals surface area (Å²) in [4.78, 5) is 11.5. The van der Waals surface area contributed by atoms with Gasteiger partial charge in [-0.05, 0) is 18.6 Å². The number of ether oxygens (including phenoxy) is 3. The lowest BCUT2D eigenvalue weighted by atomic mass is 9.87. The van der Waals surface area contributed by atoms with Gasteiger partial charge in [0.2, 0.25) is 0 Å². The summed E-state index contributed by atoms with van der Waals surface area (Å²) >= 11 is 0. The minimum absolute atomic E-state index is 0.235. The van der Waals surface area contributed by atoms with E-state index in [1.54, 1.807) is 14.0 Å². The van der Waals surface area contributed by atoms with Crippen LogP contribution in [-0.2, 0) is 26.2 Å². The van der Waals surface area contributed by atoms with Gasteiger partial charge in [0.25, 0.3) is 0 Å². The minimum atomic E-state index is -0.478. The summed E-state index contributed by atoms with van der Waals surface area (Å²) in [6.45, 7) is 3.15. The first-order valence-electron chi connectivity index (χ1n) is 6.28. The van der Waals surface area contributed by atoms with Gasteiger partial charge in [-0.15, -0.1) is 0 Å². The van der Waals surface area contributed by atoms with Crippen molar-refractivity contribution in [3.63, 3.8) is 0 Å². The Labute approximate surface area is 112 Å². The van der Waals surface area contributed by atoms with Gasteiger partial charge >= 0.3 is 5.97 Å². The summed E-state index contributed by atoms with van der Waals surface area (Å²) < 4.78 is 15.5. The highest BCUT2D eigenvalue weighted by atomic mass is 16.5. The maximum absolute atomic E-state index is 11.5. The van der Waals surface area contributed by atoms with Crippen LogP contribution in [0, 0.1) is 0 Å². The summed E-state index contributed by atoms with van der Waals surface area (Å²) in [5.74, 6) is 0.444. The monoisotopic (exact) mass is 265 g/mol. The molecule has 19 heavy (non-hydrogen) atoms. The highest BCUT2D eigenvalue weighted by Gasteiger charge is 2.38. The smallest absolute Gasteiger partial charge is 0.310 e. The zero-order valence-corrected chi connectivity index (χ0v) is 11.3. The molecule has 1 aromatic carbocycles. The molecule has 0 aliphatic carbocycles. The van der Waals surface area contributed by atoms with Crippen LogP contribution in [0.25, 0.3) is 0 Å². The van der Waals surface area contributed by atoms with Gasteiger partial charge in [0.15, 0.2) is 0 Å². The molecular formula is C14H19NO4. The molecule has 0 amide bonds. The lowest BCUT2D eigenvalue weighted by Gasteiger charge is -2.39. The Morgan fingerprint density at radius 2 is 2.21 bits per heavy atom. The van der Waals surface area contributed by atoms with Gasteiger partial charge in [-0.25, -0.2) is 0 Å². The molecule has 1 aliphatic rings. The normalized spacial score (nSPS) is 16.6. The van der Waals surface area contributed by atoms with Crippen molar-refractivity contribution in [2.24, 2.45) is 5.73 Å². The van der Waals surface area contributed by atoms with Gasteiger partial charge in [-0.1, -0.05) is 12.1 Å². The Morgan fingerprint density at radius 1 is 1.47 bits per heavy atom. The third-order valence-electron chi connectivity index (χ3n) is 3.18. The fourth-order valence-corrected chi connectivity index (χ4v) is 2.11. The molecule has 5 heteroatoms. The molecule has 1 fully saturated rings. The quantitative estimate of drug-likeness (QED) is 0.804. The second kappa shape index (κ2) is 5.59. The van der Waals surface area contributed by atoms with Crippen LogP contribution in [0.15, 0.2) is 18.2 Å². The third kappa shape index (κ3) is 2.88. The molecular weight excluding hydrogens is 246 g/mol. The predicted molar refractivity (Wildman–Crippen MR) is 70.0 cm³/mol. The number of carbonyl (C=O) groups excluding carboxylic acids is 1.